The molecule has 2 amide bonds. The van der Waals surface area contributed by atoms with Crippen LogP contribution >= 0.6 is 11.6 Å². The van der Waals surface area contributed by atoms with E-state index in [9.17, 15) is 14.4 Å². The van der Waals surface area contributed by atoms with E-state index in [4.69, 9.17) is 16.7 Å². The highest BCUT2D eigenvalue weighted by atomic mass is 35.5. The summed E-state index contributed by atoms with van der Waals surface area (Å²) < 4.78 is 0. The molecule has 0 aliphatic rings. The highest BCUT2D eigenvalue weighted by Gasteiger charge is 2.20. The lowest BCUT2D eigenvalue weighted by Gasteiger charge is -2.13. The number of aromatic nitrogens is 2. The van der Waals surface area contributed by atoms with Gasteiger partial charge in [-0.1, -0.05) is 11.6 Å². The van der Waals surface area contributed by atoms with Gasteiger partial charge in [-0.25, -0.2) is 14.8 Å². The third kappa shape index (κ3) is 3.66. The van der Waals surface area contributed by atoms with Crippen LogP contribution in [0.2, 0.25) is 5.02 Å². The molecule has 0 saturated heterocycles. The molecule has 8 nitrogen and oxygen atoms in total. The smallest absolute Gasteiger partial charge is 0.356 e. The van der Waals surface area contributed by atoms with Crippen molar-refractivity contribution in [1.29, 1.82) is 0 Å². The van der Waals surface area contributed by atoms with E-state index in [1.807, 2.05) is 0 Å². The van der Waals surface area contributed by atoms with Gasteiger partial charge in [0.2, 0.25) is 0 Å². The van der Waals surface area contributed by atoms with Crippen molar-refractivity contribution in [3.63, 3.8) is 0 Å². The van der Waals surface area contributed by atoms with Crippen LogP contribution in [0.5, 0.6) is 0 Å². The maximum Gasteiger partial charge on any atom is 0.356 e. The van der Waals surface area contributed by atoms with Crippen LogP contribution in [0.3, 0.4) is 0 Å². The minimum Gasteiger partial charge on any atom is -0.476 e. The highest BCUT2D eigenvalue weighted by molar-refractivity contribution is 6.34. The van der Waals surface area contributed by atoms with Crippen molar-refractivity contribution in [2.45, 2.75) is 0 Å². The van der Waals surface area contributed by atoms with E-state index in [1.54, 1.807) is 14.1 Å². The molecule has 2 rings (SSSR count). The second kappa shape index (κ2) is 7.05. The largest absolute Gasteiger partial charge is 0.476 e. The molecule has 0 radical (unpaired) electrons. The predicted octanol–water partition coefficient (Wildman–Crippen LogP) is 1.78. The van der Waals surface area contributed by atoms with Gasteiger partial charge in [0.1, 0.15) is 0 Å². The van der Waals surface area contributed by atoms with Gasteiger partial charge in [0.05, 0.1) is 10.6 Å². The zero-order chi connectivity index (χ0) is 17.9. The van der Waals surface area contributed by atoms with Gasteiger partial charge in [-0.15, -0.1) is 0 Å². The Labute approximate surface area is 142 Å². The predicted molar refractivity (Wildman–Crippen MR) is 86.4 cm³/mol. The Morgan fingerprint density at radius 2 is 1.75 bits per heavy atom. The van der Waals surface area contributed by atoms with Crippen LogP contribution in [-0.4, -0.2) is 51.9 Å². The summed E-state index contributed by atoms with van der Waals surface area (Å²) in [5.41, 5.74) is -0.206. The second-order valence-electron chi connectivity index (χ2n) is 4.91. The first-order valence-electron chi connectivity index (χ1n) is 6.68. The Morgan fingerprint density at radius 1 is 1.12 bits per heavy atom. The summed E-state index contributed by atoms with van der Waals surface area (Å²) in [5.74, 6) is -2.39. The van der Waals surface area contributed by atoms with Crippen molar-refractivity contribution in [2.75, 3.05) is 19.4 Å². The number of carboxylic acid groups (broad SMARTS) is 1. The van der Waals surface area contributed by atoms with Crippen LogP contribution in [-0.2, 0) is 0 Å². The van der Waals surface area contributed by atoms with Crippen molar-refractivity contribution in [3.8, 4) is 0 Å². The molecule has 9 heteroatoms. The average molecular weight is 349 g/mol. The summed E-state index contributed by atoms with van der Waals surface area (Å²) in [6.45, 7) is 0. The molecule has 0 aliphatic heterocycles. The van der Waals surface area contributed by atoms with Gasteiger partial charge in [-0.05, 0) is 18.2 Å². The lowest BCUT2D eigenvalue weighted by molar-refractivity contribution is 0.0684. The van der Waals surface area contributed by atoms with E-state index in [0.29, 0.717) is 5.69 Å². The summed E-state index contributed by atoms with van der Waals surface area (Å²) in [6, 6.07) is 4.35. The molecule has 0 atom stereocenters. The first-order valence-corrected chi connectivity index (χ1v) is 7.06. The summed E-state index contributed by atoms with van der Waals surface area (Å²) in [5, 5.41) is 11.7. The molecule has 2 N–H and O–H groups in total. The monoisotopic (exact) mass is 348 g/mol. The van der Waals surface area contributed by atoms with Crippen LogP contribution in [0.1, 0.15) is 31.3 Å². The van der Waals surface area contributed by atoms with E-state index < -0.39 is 17.6 Å². The summed E-state index contributed by atoms with van der Waals surface area (Å²) in [4.78, 5) is 43.9. The quantitative estimate of drug-likeness (QED) is 0.870. The SMILES string of the molecule is CN(C)C(=O)c1ccc(NC(=O)c2nccnc2C(=O)O)cc1Cl. The number of benzene rings is 1. The lowest BCUT2D eigenvalue weighted by Crippen LogP contribution is -2.22. The average Bonchev–Trinajstić information content (AvgIpc) is 2.54. The summed E-state index contributed by atoms with van der Waals surface area (Å²) >= 11 is 6.06. The Kier molecular flexibility index (Phi) is 5.10. The van der Waals surface area contributed by atoms with E-state index in [2.05, 4.69) is 15.3 Å². The minimum absolute atomic E-state index is 0.157. The number of aromatic carboxylic acids is 1. The zero-order valence-electron chi connectivity index (χ0n) is 12.8. The van der Waals surface area contributed by atoms with Gasteiger partial charge in [-0.2, -0.15) is 0 Å². The van der Waals surface area contributed by atoms with Crippen molar-refractivity contribution < 1.29 is 19.5 Å². The molecule has 1 aromatic carbocycles. The van der Waals surface area contributed by atoms with Gasteiger partial charge >= 0.3 is 5.97 Å². The molecule has 0 fully saturated rings. The lowest BCUT2D eigenvalue weighted by atomic mass is 10.1. The standard InChI is InChI=1S/C15H13ClN4O4/c1-20(2)14(22)9-4-3-8(7-10(9)16)19-13(21)11-12(15(23)24)18-6-5-17-11/h3-7H,1-2H3,(H,19,21)(H,23,24). The van der Waals surface area contributed by atoms with Gasteiger partial charge < -0.3 is 15.3 Å². The molecule has 1 aromatic heterocycles. The number of hydrogen-bond acceptors (Lipinski definition) is 5. The molecular formula is C15H13ClN4O4. The van der Waals surface area contributed by atoms with Crippen LogP contribution in [0.25, 0.3) is 0 Å². The molecule has 24 heavy (non-hydrogen) atoms. The number of nitrogens with one attached hydrogen (secondary N) is 1. The van der Waals surface area contributed by atoms with Gasteiger partial charge in [0.25, 0.3) is 11.8 Å². The number of hydrogen-bond donors (Lipinski definition) is 2. The van der Waals surface area contributed by atoms with E-state index in [1.165, 1.54) is 35.5 Å². The normalized spacial score (nSPS) is 10.1. The topological polar surface area (TPSA) is 112 Å². The second-order valence-corrected chi connectivity index (χ2v) is 5.31. The maximum atomic E-state index is 12.2. The van der Waals surface area contributed by atoms with E-state index in [-0.39, 0.29) is 22.2 Å². The minimum atomic E-state index is -1.36. The summed E-state index contributed by atoms with van der Waals surface area (Å²) in [7, 11) is 3.19. The Morgan fingerprint density at radius 3 is 2.29 bits per heavy atom. The molecule has 1 heterocycles. The van der Waals surface area contributed by atoms with Gasteiger partial charge in [-0.3, -0.25) is 9.59 Å². The zero-order valence-corrected chi connectivity index (χ0v) is 13.5. The maximum absolute atomic E-state index is 12.2. The molecule has 0 aliphatic carbocycles. The number of halogens is 1. The van der Waals surface area contributed by atoms with Crippen molar-refractivity contribution >= 4 is 35.1 Å². The molecule has 124 valence electrons. The Hall–Kier alpha value is -3.00. The first kappa shape index (κ1) is 17.4. The Balaban J connectivity index is 2.26. The molecule has 0 spiro atoms. The van der Waals surface area contributed by atoms with Crippen LogP contribution < -0.4 is 5.32 Å². The highest BCUT2D eigenvalue weighted by Crippen LogP contribution is 2.22. The first-order chi connectivity index (χ1) is 11.3. The van der Waals surface area contributed by atoms with E-state index in [0.717, 1.165) is 0 Å². The van der Waals surface area contributed by atoms with Crippen LogP contribution in [0.15, 0.2) is 30.6 Å². The number of amides is 2. The molecule has 0 bridgehead atoms. The van der Waals surface area contributed by atoms with Gasteiger partial charge in [0, 0.05) is 32.2 Å². The molecular weight excluding hydrogens is 336 g/mol. The molecule has 0 unspecified atom stereocenters. The van der Waals surface area contributed by atoms with Crippen molar-refractivity contribution in [2.24, 2.45) is 0 Å². The fourth-order valence-corrected chi connectivity index (χ4v) is 2.12. The fourth-order valence-electron chi connectivity index (χ4n) is 1.86. The Bertz CT molecular complexity index is 823. The van der Waals surface area contributed by atoms with Crippen molar-refractivity contribution in [3.05, 3.63) is 52.6 Å². The third-order valence-corrected chi connectivity index (χ3v) is 3.29. The number of carbonyl (C=O) groups is 3. The molecule has 2 aromatic rings. The van der Waals surface area contributed by atoms with Gasteiger partial charge in [0.15, 0.2) is 11.4 Å². The number of carboxylic acids is 1. The third-order valence-electron chi connectivity index (χ3n) is 2.98. The number of anilines is 1. The fraction of sp³-hybridized carbons (Fsp3) is 0.133. The number of carbonyl (C=O) groups excluding carboxylic acids is 2. The van der Waals surface area contributed by atoms with Crippen LogP contribution in [0, 0.1) is 0 Å². The molecule has 0 saturated carbocycles. The van der Waals surface area contributed by atoms with Crippen molar-refractivity contribution in [1.82, 2.24) is 14.9 Å². The summed E-state index contributed by atoms with van der Waals surface area (Å²) in [6.07, 6.45) is 2.39. The van der Waals surface area contributed by atoms with E-state index >= 15 is 0 Å². The number of rotatable bonds is 4. The van der Waals surface area contributed by atoms with Crippen LogP contribution in [0.4, 0.5) is 5.69 Å². The number of nitrogens with zero attached hydrogens (tertiary/aromatic N) is 3.